The van der Waals surface area contributed by atoms with Crippen molar-refractivity contribution in [2.45, 2.75) is 37.6 Å². The number of piperidine rings is 1. The number of hydrogen-bond acceptors (Lipinski definition) is 7. The third-order valence-electron chi connectivity index (χ3n) is 6.86. The van der Waals surface area contributed by atoms with Crippen molar-refractivity contribution in [3.8, 4) is 0 Å². The fourth-order valence-electron chi connectivity index (χ4n) is 4.78. The van der Waals surface area contributed by atoms with Crippen LogP contribution in [0.5, 0.6) is 0 Å². The second-order valence-electron chi connectivity index (χ2n) is 9.66. The number of hydrogen-bond donors (Lipinski definition) is 2. The van der Waals surface area contributed by atoms with Crippen LogP contribution in [0.3, 0.4) is 0 Å². The van der Waals surface area contributed by atoms with Crippen LogP contribution < -0.4 is 10.0 Å². The van der Waals surface area contributed by atoms with E-state index in [1.165, 1.54) is 42.6 Å². The van der Waals surface area contributed by atoms with E-state index in [1.807, 2.05) is 0 Å². The molecule has 5 rings (SSSR count). The second kappa shape index (κ2) is 11.3. The third kappa shape index (κ3) is 5.97. The zero-order valence-corrected chi connectivity index (χ0v) is 23.5. The molecule has 40 heavy (non-hydrogen) atoms. The minimum atomic E-state index is -4.10. The van der Waals surface area contributed by atoms with Crippen LogP contribution in [0, 0.1) is 25.5 Å². The van der Waals surface area contributed by atoms with Crippen molar-refractivity contribution >= 4 is 43.8 Å². The summed E-state index contributed by atoms with van der Waals surface area (Å²) < 4.78 is 60.0. The molecule has 0 atom stereocenters. The van der Waals surface area contributed by atoms with Gasteiger partial charge in [-0.25, -0.2) is 13.8 Å². The number of carbonyl (C=O) groups is 1. The lowest BCUT2D eigenvalue weighted by atomic mass is 9.89. The zero-order chi connectivity index (χ0) is 28.4. The lowest BCUT2D eigenvalue weighted by molar-refractivity contribution is 0.0713. The van der Waals surface area contributed by atoms with Crippen LogP contribution >= 0.6 is 11.5 Å². The lowest BCUT2D eigenvalue weighted by Gasteiger charge is -2.33. The molecule has 208 valence electrons. The molecule has 2 N–H and O–H groups in total. The highest BCUT2D eigenvalue weighted by Crippen LogP contribution is 2.33. The smallest absolute Gasteiger partial charge is 0.280 e. The molecule has 4 aromatic rings. The molecule has 0 saturated carbocycles. The van der Waals surface area contributed by atoms with Gasteiger partial charge in [-0.3, -0.25) is 9.52 Å². The van der Waals surface area contributed by atoms with E-state index < -0.39 is 15.8 Å². The molecule has 0 radical (unpaired) electrons. The highest BCUT2D eigenvalue weighted by atomic mass is 32.2. The molecule has 8 nitrogen and oxygen atoms in total. The molecule has 1 aliphatic rings. The Balaban J connectivity index is 1.44. The molecule has 12 heteroatoms. The zero-order valence-electron chi connectivity index (χ0n) is 21.8. The van der Waals surface area contributed by atoms with Gasteiger partial charge in [-0.15, -0.1) is 0 Å². The van der Waals surface area contributed by atoms with Crippen LogP contribution in [0.4, 0.5) is 25.2 Å². The molecule has 1 aliphatic heterocycles. The largest absolute Gasteiger partial charge is 0.355 e. The number of nitrogens with zero attached hydrogens (tertiary/aromatic N) is 3. The summed E-state index contributed by atoms with van der Waals surface area (Å²) in [4.78, 5) is 19.6. The monoisotopic (exact) mass is 583 g/mol. The number of aryl methyl sites for hydroxylation is 1. The molecule has 3 heterocycles. The summed E-state index contributed by atoms with van der Waals surface area (Å²) in [6, 6.07) is 13.6. The third-order valence-corrected chi connectivity index (χ3v) is 9.20. The van der Waals surface area contributed by atoms with Crippen molar-refractivity contribution in [1.29, 1.82) is 0 Å². The van der Waals surface area contributed by atoms with Crippen molar-refractivity contribution in [2.75, 3.05) is 23.1 Å². The highest BCUT2D eigenvalue weighted by molar-refractivity contribution is 7.92. The van der Waals surface area contributed by atoms with Crippen molar-refractivity contribution in [2.24, 2.45) is 0 Å². The second-order valence-corrected chi connectivity index (χ2v) is 12.1. The summed E-state index contributed by atoms with van der Waals surface area (Å²) in [6.45, 7) is 4.28. The Morgan fingerprint density at radius 1 is 1.00 bits per heavy atom. The quantitative estimate of drug-likeness (QED) is 0.277. The van der Waals surface area contributed by atoms with E-state index in [0.29, 0.717) is 42.3 Å². The standard InChI is InChI=1S/C28H27F2N5O3S2/c1-17-15-25(39-33-17)34-40(37,38)27-18(2)26(32-23-9-7-22(30)8-10-23)24(16-31-27)28(36)35-13-11-20(12-14-35)19-3-5-21(29)6-4-19/h3-10,15-16,20,34H,11-14H2,1-2H3,(H,31,32). The van der Waals surface area contributed by atoms with E-state index in [4.69, 9.17) is 0 Å². The Labute approximate surface area is 235 Å². The van der Waals surface area contributed by atoms with Crippen molar-refractivity contribution < 1.29 is 22.0 Å². The molecule has 0 unspecified atom stereocenters. The maximum absolute atomic E-state index is 13.7. The van der Waals surface area contributed by atoms with E-state index in [0.717, 1.165) is 17.1 Å². The van der Waals surface area contributed by atoms with Crippen LogP contribution in [0.2, 0.25) is 0 Å². The molecule has 1 fully saturated rings. The van der Waals surface area contributed by atoms with Gasteiger partial charge in [-0.2, -0.15) is 12.8 Å². The van der Waals surface area contributed by atoms with Gasteiger partial charge in [-0.05, 0) is 92.2 Å². The molecule has 2 aromatic heterocycles. The number of halogens is 2. The minimum absolute atomic E-state index is 0.203. The van der Waals surface area contributed by atoms with Gasteiger partial charge in [0.2, 0.25) is 0 Å². The Morgan fingerprint density at radius 2 is 1.62 bits per heavy atom. The van der Waals surface area contributed by atoms with E-state index >= 15 is 0 Å². The molecule has 1 saturated heterocycles. The number of anilines is 3. The Bertz CT molecular complexity index is 1630. The van der Waals surface area contributed by atoms with Gasteiger partial charge in [0.05, 0.1) is 16.9 Å². The summed E-state index contributed by atoms with van der Waals surface area (Å²) in [5.41, 5.74) is 2.90. The first kappa shape index (κ1) is 27.7. The number of aromatic nitrogens is 2. The van der Waals surface area contributed by atoms with Gasteiger partial charge in [0.15, 0.2) is 5.03 Å². The number of rotatable bonds is 7. The number of carbonyl (C=O) groups excluding carboxylic acids is 1. The molecular formula is C28H27F2N5O3S2. The number of amides is 1. The summed E-state index contributed by atoms with van der Waals surface area (Å²) in [6.07, 6.45) is 2.67. The average molecular weight is 584 g/mol. The normalized spacial score (nSPS) is 14.2. The van der Waals surface area contributed by atoms with Gasteiger partial charge in [0.25, 0.3) is 15.9 Å². The van der Waals surface area contributed by atoms with E-state index in [-0.39, 0.29) is 39.5 Å². The molecule has 0 aliphatic carbocycles. The van der Waals surface area contributed by atoms with Crippen molar-refractivity contribution in [3.05, 3.63) is 94.8 Å². The number of benzene rings is 2. The van der Waals surface area contributed by atoms with E-state index in [2.05, 4.69) is 19.4 Å². The van der Waals surface area contributed by atoms with Gasteiger partial charge < -0.3 is 10.2 Å². The molecule has 0 bridgehead atoms. The number of likely N-dealkylation sites (tertiary alicyclic amines) is 1. The number of pyridine rings is 1. The first-order valence-corrected chi connectivity index (χ1v) is 14.9. The summed E-state index contributed by atoms with van der Waals surface area (Å²) >= 11 is 1.01. The number of nitrogens with one attached hydrogen (secondary N) is 2. The predicted octanol–water partition coefficient (Wildman–Crippen LogP) is 6.00. The van der Waals surface area contributed by atoms with Crippen molar-refractivity contribution in [1.82, 2.24) is 14.3 Å². The van der Waals surface area contributed by atoms with Gasteiger partial charge in [0.1, 0.15) is 16.6 Å². The summed E-state index contributed by atoms with van der Waals surface area (Å²) in [7, 11) is -4.10. The van der Waals surface area contributed by atoms with Crippen LogP contribution in [-0.4, -0.2) is 41.7 Å². The van der Waals surface area contributed by atoms with Crippen LogP contribution in [0.15, 0.2) is 65.8 Å². The van der Waals surface area contributed by atoms with Gasteiger partial charge >= 0.3 is 0 Å². The first-order chi connectivity index (χ1) is 19.1. The first-order valence-electron chi connectivity index (χ1n) is 12.6. The maximum Gasteiger partial charge on any atom is 0.280 e. The van der Waals surface area contributed by atoms with E-state index in [9.17, 15) is 22.0 Å². The molecular weight excluding hydrogens is 556 g/mol. The van der Waals surface area contributed by atoms with E-state index in [1.54, 1.807) is 36.9 Å². The van der Waals surface area contributed by atoms with Crippen LogP contribution in [0.1, 0.15) is 45.9 Å². The summed E-state index contributed by atoms with van der Waals surface area (Å²) in [5, 5.41) is 3.22. The topological polar surface area (TPSA) is 104 Å². The Kier molecular flexibility index (Phi) is 7.81. The predicted molar refractivity (Wildman–Crippen MR) is 151 cm³/mol. The fraction of sp³-hybridized carbons (Fsp3) is 0.250. The highest BCUT2D eigenvalue weighted by Gasteiger charge is 2.30. The average Bonchev–Trinajstić information content (AvgIpc) is 3.34. The Hall–Kier alpha value is -3.90. The lowest BCUT2D eigenvalue weighted by Crippen LogP contribution is -2.38. The summed E-state index contributed by atoms with van der Waals surface area (Å²) in [5.74, 6) is -0.809. The fourth-order valence-corrected chi connectivity index (χ4v) is 6.89. The molecule has 0 spiro atoms. The SMILES string of the molecule is Cc1cc(NS(=O)(=O)c2ncc(C(=O)N3CCC(c4ccc(F)cc4)CC3)c(Nc3ccc(F)cc3)c2C)sn1. The van der Waals surface area contributed by atoms with Crippen LogP contribution in [-0.2, 0) is 10.0 Å². The maximum atomic E-state index is 13.7. The molecule has 2 aromatic carbocycles. The Morgan fingerprint density at radius 3 is 2.23 bits per heavy atom. The van der Waals surface area contributed by atoms with Gasteiger partial charge in [0, 0.05) is 30.5 Å². The number of sulfonamides is 1. The van der Waals surface area contributed by atoms with Gasteiger partial charge in [-0.1, -0.05) is 12.1 Å². The minimum Gasteiger partial charge on any atom is -0.355 e. The molecule has 1 amide bonds. The van der Waals surface area contributed by atoms with Crippen molar-refractivity contribution in [3.63, 3.8) is 0 Å². The van der Waals surface area contributed by atoms with Crippen LogP contribution in [0.25, 0.3) is 0 Å².